The molecule has 172 valence electrons. The first-order valence-corrected chi connectivity index (χ1v) is 10.5. The van der Waals surface area contributed by atoms with Crippen LogP contribution in [0.25, 0.3) is 0 Å². The van der Waals surface area contributed by atoms with E-state index in [4.69, 9.17) is 9.47 Å². The Labute approximate surface area is 189 Å². The highest BCUT2D eigenvalue weighted by atomic mass is 16.6. The van der Waals surface area contributed by atoms with Crippen molar-refractivity contribution in [3.63, 3.8) is 0 Å². The zero-order valence-corrected chi connectivity index (χ0v) is 19.1. The largest absolute Gasteiger partial charge is 0.445 e. The number of carbonyl (C=O) groups excluding carboxylic acids is 3. The van der Waals surface area contributed by atoms with Crippen LogP contribution < -0.4 is 10.6 Å². The van der Waals surface area contributed by atoms with Crippen LogP contribution in [0, 0.1) is 0 Å². The van der Waals surface area contributed by atoms with Crippen molar-refractivity contribution in [3.05, 3.63) is 71.8 Å². The molecule has 2 rings (SSSR count). The highest BCUT2D eigenvalue weighted by Gasteiger charge is 2.30. The lowest BCUT2D eigenvalue weighted by Gasteiger charge is -2.29. The predicted octanol–water partition coefficient (Wildman–Crippen LogP) is 4.75. The molecule has 32 heavy (non-hydrogen) atoms. The number of carbonyl (C=O) groups is 3. The molecule has 0 radical (unpaired) electrons. The Kier molecular flexibility index (Phi) is 8.81. The van der Waals surface area contributed by atoms with Gasteiger partial charge in [0.25, 0.3) is 0 Å². The molecule has 0 aliphatic rings. The van der Waals surface area contributed by atoms with Crippen molar-refractivity contribution < 1.29 is 23.9 Å². The maximum absolute atomic E-state index is 12.6. The minimum Gasteiger partial charge on any atom is -0.445 e. The summed E-state index contributed by atoms with van der Waals surface area (Å²) in [7, 11) is 0. The summed E-state index contributed by atoms with van der Waals surface area (Å²) in [6, 6.07) is 18.7. The monoisotopic (exact) mass is 440 g/mol. The van der Waals surface area contributed by atoms with Gasteiger partial charge >= 0.3 is 12.2 Å². The fraction of sp³-hybridized carbons (Fsp3) is 0.400. The molecule has 7 heteroatoms. The summed E-state index contributed by atoms with van der Waals surface area (Å²) in [5, 5.41) is 5.46. The van der Waals surface area contributed by atoms with Crippen molar-refractivity contribution in [2.75, 3.05) is 0 Å². The second-order valence-electron chi connectivity index (χ2n) is 9.03. The number of Topliss-reactive ketones (excluding diaryl/α,β-unsaturated/α-hetero) is 1. The Morgan fingerprint density at radius 1 is 0.656 bits per heavy atom. The summed E-state index contributed by atoms with van der Waals surface area (Å²) in [5.41, 5.74) is 0.163. The molecule has 0 bridgehead atoms. The van der Waals surface area contributed by atoms with Crippen LogP contribution in [0.1, 0.15) is 51.7 Å². The van der Waals surface area contributed by atoms with Gasteiger partial charge in [-0.2, -0.15) is 0 Å². The van der Waals surface area contributed by atoms with E-state index >= 15 is 0 Å². The molecule has 0 heterocycles. The third-order valence-electron chi connectivity index (χ3n) is 4.58. The van der Waals surface area contributed by atoms with Crippen LogP contribution in [0.2, 0.25) is 0 Å². The summed E-state index contributed by atoms with van der Waals surface area (Å²) < 4.78 is 10.5. The molecule has 0 fully saturated rings. The van der Waals surface area contributed by atoms with Crippen molar-refractivity contribution >= 4 is 18.0 Å². The Hall–Kier alpha value is -3.35. The molecular weight excluding hydrogens is 408 g/mol. The molecule has 2 aromatic rings. The van der Waals surface area contributed by atoms with Crippen molar-refractivity contribution in [1.29, 1.82) is 0 Å². The van der Waals surface area contributed by atoms with Gasteiger partial charge in [-0.15, -0.1) is 0 Å². The SMILES string of the molecule is CC(C)(CC(=O)CC(C)(C)NC(=O)OCc1ccccc1)NC(=O)OCc1ccccc1. The number of hydrogen-bond acceptors (Lipinski definition) is 5. The number of nitrogens with one attached hydrogen (secondary N) is 2. The van der Waals surface area contributed by atoms with Gasteiger partial charge in [0, 0.05) is 23.9 Å². The van der Waals surface area contributed by atoms with Crippen molar-refractivity contribution in [3.8, 4) is 0 Å². The minimum atomic E-state index is -0.797. The maximum Gasteiger partial charge on any atom is 0.407 e. The number of hydrogen-bond donors (Lipinski definition) is 2. The summed E-state index contributed by atoms with van der Waals surface area (Å²) in [6.45, 7) is 7.32. The van der Waals surface area contributed by atoms with Gasteiger partial charge in [-0.05, 0) is 38.8 Å². The summed E-state index contributed by atoms with van der Waals surface area (Å²) in [5.74, 6) is -0.105. The summed E-state index contributed by atoms with van der Waals surface area (Å²) in [4.78, 5) is 36.8. The van der Waals surface area contributed by atoms with Crippen LogP contribution >= 0.6 is 0 Å². The molecule has 0 atom stereocenters. The first-order chi connectivity index (χ1) is 15.0. The number of benzene rings is 2. The zero-order valence-electron chi connectivity index (χ0n) is 19.1. The van der Waals surface area contributed by atoms with Gasteiger partial charge in [0.2, 0.25) is 0 Å². The molecule has 0 saturated carbocycles. The Balaban J connectivity index is 1.75. The van der Waals surface area contributed by atoms with E-state index in [1.165, 1.54) is 0 Å². The Morgan fingerprint density at radius 2 is 1.00 bits per heavy atom. The molecule has 0 spiro atoms. The normalized spacial score (nSPS) is 11.4. The van der Waals surface area contributed by atoms with Crippen LogP contribution in [0.15, 0.2) is 60.7 Å². The van der Waals surface area contributed by atoms with Crippen LogP contribution in [-0.4, -0.2) is 29.0 Å². The molecule has 2 aromatic carbocycles. The van der Waals surface area contributed by atoms with Gasteiger partial charge in [0.1, 0.15) is 19.0 Å². The summed E-state index contributed by atoms with van der Waals surface area (Å²) in [6.07, 6.45) is -0.989. The van der Waals surface area contributed by atoms with Gasteiger partial charge in [-0.3, -0.25) is 4.79 Å². The lowest BCUT2D eigenvalue weighted by atomic mass is 9.90. The fourth-order valence-electron chi connectivity index (χ4n) is 3.21. The van der Waals surface area contributed by atoms with Crippen molar-refractivity contribution in [2.45, 2.75) is 64.8 Å². The quantitative estimate of drug-likeness (QED) is 0.556. The molecule has 0 aliphatic heterocycles. The van der Waals surface area contributed by atoms with Crippen LogP contribution in [-0.2, 0) is 27.5 Å². The predicted molar refractivity (Wildman–Crippen MR) is 122 cm³/mol. The van der Waals surface area contributed by atoms with E-state index in [0.717, 1.165) is 11.1 Å². The Morgan fingerprint density at radius 3 is 1.34 bits per heavy atom. The second kappa shape index (κ2) is 11.3. The lowest BCUT2D eigenvalue weighted by Crippen LogP contribution is -2.48. The second-order valence-corrected chi connectivity index (χ2v) is 9.03. The van der Waals surface area contributed by atoms with Gasteiger partial charge < -0.3 is 20.1 Å². The number of ether oxygens (including phenoxy) is 2. The number of amides is 2. The van der Waals surface area contributed by atoms with E-state index < -0.39 is 23.3 Å². The van der Waals surface area contributed by atoms with E-state index in [0.29, 0.717) is 0 Å². The van der Waals surface area contributed by atoms with E-state index in [2.05, 4.69) is 10.6 Å². The van der Waals surface area contributed by atoms with E-state index in [1.54, 1.807) is 27.7 Å². The van der Waals surface area contributed by atoms with Crippen LogP contribution in [0.5, 0.6) is 0 Å². The minimum absolute atomic E-state index is 0.0949. The van der Waals surface area contributed by atoms with Crippen LogP contribution in [0.4, 0.5) is 9.59 Å². The van der Waals surface area contributed by atoms with Gasteiger partial charge in [0.05, 0.1) is 0 Å². The van der Waals surface area contributed by atoms with Crippen LogP contribution in [0.3, 0.4) is 0 Å². The smallest absolute Gasteiger partial charge is 0.407 e. The van der Waals surface area contributed by atoms with Crippen molar-refractivity contribution in [1.82, 2.24) is 10.6 Å². The van der Waals surface area contributed by atoms with E-state index in [1.807, 2.05) is 60.7 Å². The third-order valence-corrected chi connectivity index (χ3v) is 4.58. The fourth-order valence-corrected chi connectivity index (χ4v) is 3.21. The molecule has 2 amide bonds. The molecule has 7 nitrogen and oxygen atoms in total. The molecule has 0 aliphatic carbocycles. The van der Waals surface area contributed by atoms with E-state index in [-0.39, 0.29) is 31.8 Å². The molecule has 0 unspecified atom stereocenters. The maximum atomic E-state index is 12.6. The molecular formula is C25H32N2O5. The van der Waals surface area contributed by atoms with Gasteiger partial charge in [-0.1, -0.05) is 60.7 Å². The standard InChI is InChI=1S/C25H32N2O5/c1-24(2,26-22(29)31-17-19-11-7-5-8-12-19)15-21(28)16-25(3,4)27-23(30)32-18-20-13-9-6-10-14-20/h5-14H,15-18H2,1-4H3,(H,26,29)(H,27,30). The third kappa shape index (κ3) is 9.64. The average Bonchev–Trinajstić information content (AvgIpc) is 2.70. The first-order valence-electron chi connectivity index (χ1n) is 10.5. The lowest BCUT2D eigenvalue weighted by molar-refractivity contribution is -0.121. The summed E-state index contributed by atoms with van der Waals surface area (Å²) >= 11 is 0. The van der Waals surface area contributed by atoms with E-state index in [9.17, 15) is 14.4 Å². The highest BCUT2D eigenvalue weighted by Crippen LogP contribution is 2.17. The topological polar surface area (TPSA) is 93.7 Å². The molecule has 0 saturated heterocycles. The van der Waals surface area contributed by atoms with Gasteiger partial charge in [0.15, 0.2) is 0 Å². The number of ketones is 1. The van der Waals surface area contributed by atoms with Crippen molar-refractivity contribution in [2.24, 2.45) is 0 Å². The highest BCUT2D eigenvalue weighted by molar-refractivity contribution is 5.82. The zero-order chi connectivity index (χ0) is 23.6. The number of alkyl carbamates (subject to hydrolysis) is 2. The Bertz CT molecular complexity index is 822. The molecule has 2 N–H and O–H groups in total. The average molecular weight is 441 g/mol. The molecule has 0 aromatic heterocycles. The first kappa shape index (κ1) is 24.9. The van der Waals surface area contributed by atoms with Gasteiger partial charge in [-0.25, -0.2) is 9.59 Å². The number of rotatable bonds is 10.